The molecule has 1 N–H and O–H groups in total. The summed E-state index contributed by atoms with van der Waals surface area (Å²) in [6.07, 6.45) is 0. The van der Waals surface area contributed by atoms with Gasteiger partial charge in [-0.15, -0.1) is 11.6 Å². The third kappa shape index (κ3) is 3.45. The standard InChI is InChI=1S/C13H11ClFNO2S/c14-9-10-4-6-12(7-5-10)16-19(17,18)13-3-1-2-11(15)8-13/h1-8,16H,9H2. The zero-order chi connectivity index (χ0) is 13.9. The molecule has 0 spiro atoms. The van der Waals surface area contributed by atoms with Crippen molar-refractivity contribution >= 4 is 27.3 Å². The minimum atomic E-state index is -3.78. The van der Waals surface area contributed by atoms with Gasteiger partial charge in [0.2, 0.25) is 0 Å². The molecule has 0 fully saturated rings. The van der Waals surface area contributed by atoms with Crippen LogP contribution in [0.5, 0.6) is 0 Å². The Hall–Kier alpha value is -1.59. The summed E-state index contributed by atoms with van der Waals surface area (Å²) in [5.74, 6) is -0.239. The summed E-state index contributed by atoms with van der Waals surface area (Å²) in [7, 11) is -3.78. The maximum Gasteiger partial charge on any atom is 0.261 e. The fourth-order valence-corrected chi connectivity index (χ4v) is 2.78. The highest BCUT2D eigenvalue weighted by molar-refractivity contribution is 7.92. The molecule has 0 amide bonds. The smallest absolute Gasteiger partial charge is 0.261 e. The van der Waals surface area contributed by atoms with Gasteiger partial charge in [0.1, 0.15) is 5.82 Å². The maximum atomic E-state index is 13.0. The van der Waals surface area contributed by atoms with Gasteiger partial charge in [-0.3, -0.25) is 4.72 Å². The van der Waals surface area contributed by atoms with Crippen molar-refractivity contribution in [1.29, 1.82) is 0 Å². The van der Waals surface area contributed by atoms with Gasteiger partial charge in [-0.1, -0.05) is 18.2 Å². The first kappa shape index (κ1) is 13.8. The number of alkyl halides is 1. The monoisotopic (exact) mass is 299 g/mol. The largest absolute Gasteiger partial charge is 0.280 e. The summed E-state index contributed by atoms with van der Waals surface area (Å²) in [5.41, 5.74) is 1.29. The van der Waals surface area contributed by atoms with Crippen LogP contribution in [0, 0.1) is 5.82 Å². The van der Waals surface area contributed by atoms with Crippen LogP contribution in [-0.2, 0) is 15.9 Å². The average molecular weight is 300 g/mol. The Morgan fingerprint density at radius 1 is 1.11 bits per heavy atom. The fraction of sp³-hybridized carbons (Fsp3) is 0.0769. The van der Waals surface area contributed by atoms with Gasteiger partial charge in [-0.05, 0) is 35.9 Å². The van der Waals surface area contributed by atoms with E-state index < -0.39 is 15.8 Å². The van der Waals surface area contributed by atoms with Gasteiger partial charge in [-0.25, -0.2) is 12.8 Å². The van der Waals surface area contributed by atoms with Gasteiger partial charge in [0.05, 0.1) is 4.90 Å². The van der Waals surface area contributed by atoms with E-state index >= 15 is 0 Å². The molecule has 0 aliphatic rings. The maximum absolute atomic E-state index is 13.0. The van der Waals surface area contributed by atoms with Gasteiger partial charge < -0.3 is 0 Å². The number of nitrogens with one attached hydrogen (secondary N) is 1. The van der Waals surface area contributed by atoms with Crippen LogP contribution in [0.25, 0.3) is 0 Å². The van der Waals surface area contributed by atoms with Crippen molar-refractivity contribution in [2.45, 2.75) is 10.8 Å². The van der Waals surface area contributed by atoms with Crippen LogP contribution in [0.1, 0.15) is 5.56 Å². The molecule has 2 rings (SSSR count). The molecule has 19 heavy (non-hydrogen) atoms. The first-order valence-corrected chi connectivity index (χ1v) is 7.46. The molecule has 0 heterocycles. The van der Waals surface area contributed by atoms with Crippen LogP contribution in [0.4, 0.5) is 10.1 Å². The Labute approximate surface area is 116 Å². The number of sulfonamides is 1. The quantitative estimate of drug-likeness (QED) is 0.880. The van der Waals surface area contributed by atoms with E-state index in [4.69, 9.17) is 11.6 Å². The molecule has 0 aliphatic heterocycles. The number of hydrogen-bond donors (Lipinski definition) is 1. The van der Waals surface area contributed by atoms with Crippen molar-refractivity contribution in [2.75, 3.05) is 4.72 Å². The van der Waals surface area contributed by atoms with Crippen LogP contribution < -0.4 is 4.72 Å². The Morgan fingerprint density at radius 2 is 1.79 bits per heavy atom. The summed E-state index contributed by atoms with van der Waals surface area (Å²) in [4.78, 5) is -0.117. The van der Waals surface area contributed by atoms with Crippen LogP contribution in [0.15, 0.2) is 53.4 Å². The summed E-state index contributed by atoms with van der Waals surface area (Å²) >= 11 is 5.65. The lowest BCUT2D eigenvalue weighted by molar-refractivity contribution is 0.595. The lowest BCUT2D eigenvalue weighted by atomic mass is 10.2. The third-order valence-corrected chi connectivity index (χ3v) is 4.15. The SMILES string of the molecule is O=S(=O)(Nc1ccc(CCl)cc1)c1cccc(F)c1. The van der Waals surface area contributed by atoms with Gasteiger partial charge in [0, 0.05) is 11.6 Å². The lowest BCUT2D eigenvalue weighted by Crippen LogP contribution is -2.13. The second-order valence-corrected chi connectivity index (χ2v) is 5.84. The highest BCUT2D eigenvalue weighted by Crippen LogP contribution is 2.17. The molecule has 0 radical (unpaired) electrons. The van der Waals surface area contributed by atoms with Gasteiger partial charge >= 0.3 is 0 Å². The molecule has 0 saturated carbocycles. The molecule has 2 aromatic carbocycles. The molecule has 6 heteroatoms. The average Bonchev–Trinajstić information content (AvgIpc) is 2.39. The zero-order valence-electron chi connectivity index (χ0n) is 9.81. The zero-order valence-corrected chi connectivity index (χ0v) is 11.4. The van der Waals surface area contributed by atoms with E-state index in [1.54, 1.807) is 24.3 Å². The predicted octanol–water partition coefficient (Wildman–Crippen LogP) is 3.37. The second kappa shape index (κ2) is 5.59. The van der Waals surface area contributed by atoms with E-state index in [-0.39, 0.29) is 4.90 Å². The van der Waals surface area contributed by atoms with Crippen molar-refractivity contribution in [1.82, 2.24) is 0 Å². The molecule has 100 valence electrons. The molecule has 0 bridgehead atoms. The summed E-state index contributed by atoms with van der Waals surface area (Å²) < 4.78 is 39.4. The van der Waals surface area contributed by atoms with Crippen molar-refractivity contribution in [2.24, 2.45) is 0 Å². The van der Waals surface area contributed by atoms with E-state index in [2.05, 4.69) is 4.72 Å². The topological polar surface area (TPSA) is 46.2 Å². The van der Waals surface area contributed by atoms with Gasteiger partial charge in [0.15, 0.2) is 0 Å². The van der Waals surface area contributed by atoms with Crippen LogP contribution in [-0.4, -0.2) is 8.42 Å². The van der Waals surface area contributed by atoms with E-state index in [9.17, 15) is 12.8 Å². The molecule has 0 saturated heterocycles. The molecular weight excluding hydrogens is 289 g/mol. The van der Waals surface area contributed by atoms with E-state index in [1.165, 1.54) is 18.2 Å². The summed E-state index contributed by atoms with van der Waals surface area (Å²) in [5, 5.41) is 0. The van der Waals surface area contributed by atoms with E-state index in [1.807, 2.05) is 0 Å². The third-order valence-electron chi connectivity index (χ3n) is 2.47. The Morgan fingerprint density at radius 3 is 2.37 bits per heavy atom. The fourth-order valence-electron chi connectivity index (χ4n) is 1.51. The normalized spacial score (nSPS) is 11.3. The molecule has 0 unspecified atom stereocenters. The van der Waals surface area contributed by atoms with E-state index in [0.29, 0.717) is 11.6 Å². The number of hydrogen-bond acceptors (Lipinski definition) is 2. The number of benzene rings is 2. The van der Waals surface area contributed by atoms with Crippen LogP contribution in [0.2, 0.25) is 0 Å². The molecule has 2 aromatic rings. The lowest BCUT2D eigenvalue weighted by Gasteiger charge is -2.08. The summed E-state index contributed by atoms with van der Waals surface area (Å²) in [6.45, 7) is 0. The summed E-state index contributed by atoms with van der Waals surface area (Å²) in [6, 6.07) is 11.5. The molecular formula is C13H11ClFNO2S. The Kier molecular flexibility index (Phi) is 4.07. The van der Waals surface area contributed by atoms with Crippen molar-refractivity contribution in [3.05, 3.63) is 59.9 Å². The van der Waals surface area contributed by atoms with E-state index in [0.717, 1.165) is 11.6 Å². The number of rotatable bonds is 4. The Balaban J connectivity index is 2.25. The molecule has 0 aliphatic carbocycles. The van der Waals surface area contributed by atoms with Gasteiger partial charge in [0.25, 0.3) is 10.0 Å². The Bertz CT molecular complexity index is 671. The first-order valence-electron chi connectivity index (χ1n) is 5.44. The van der Waals surface area contributed by atoms with Crippen molar-refractivity contribution in [3.8, 4) is 0 Å². The van der Waals surface area contributed by atoms with Crippen LogP contribution in [0.3, 0.4) is 0 Å². The highest BCUT2D eigenvalue weighted by atomic mass is 35.5. The number of halogens is 2. The van der Waals surface area contributed by atoms with Crippen molar-refractivity contribution in [3.63, 3.8) is 0 Å². The molecule has 3 nitrogen and oxygen atoms in total. The highest BCUT2D eigenvalue weighted by Gasteiger charge is 2.14. The molecule has 0 aromatic heterocycles. The minimum Gasteiger partial charge on any atom is -0.280 e. The predicted molar refractivity (Wildman–Crippen MR) is 73.2 cm³/mol. The first-order chi connectivity index (χ1) is 9.01. The second-order valence-electron chi connectivity index (χ2n) is 3.89. The van der Waals surface area contributed by atoms with Gasteiger partial charge in [-0.2, -0.15) is 0 Å². The number of anilines is 1. The minimum absolute atomic E-state index is 0.117. The van der Waals surface area contributed by atoms with Crippen LogP contribution >= 0.6 is 11.6 Å². The molecule has 0 atom stereocenters. The van der Waals surface area contributed by atoms with Crippen molar-refractivity contribution < 1.29 is 12.8 Å².